The van der Waals surface area contributed by atoms with Gasteiger partial charge < -0.3 is 15.4 Å². The van der Waals surface area contributed by atoms with E-state index in [4.69, 9.17) is 4.74 Å². The number of benzene rings is 1. The van der Waals surface area contributed by atoms with Crippen LogP contribution in [-0.4, -0.2) is 40.4 Å². The molecule has 0 spiro atoms. The third kappa shape index (κ3) is 4.25. The molecule has 2 aromatic heterocycles. The molecule has 3 N–H and O–H groups in total. The van der Waals surface area contributed by atoms with Gasteiger partial charge in [-0.05, 0) is 56.0 Å². The minimum atomic E-state index is 0.653. The highest BCUT2D eigenvalue weighted by molar-refractivity contribution is 5.71. The first kappa shape index (κ1) is 17.5. The molecule has 1 fully saturated rings. The Morgan fingerprint density at radius 3 is 2.81 bits per heavy atom. The average Bonchev–Trinajstić information content (AvgIpc) is 3.17. The summed E-state index contributed by atoms with van der Waals surface area (Å²) in [6.07, 6.45) is 8.51. The molecular formula is C20H24N6O. The molecule has 7 heteroatoms. The topological polar surface area (TPSA) is 87.8 Å². The Morgan fingerprint density at radius 1 is 1.15 bits per heavy atom. The van der Waals surface area contributed by atoms with Crippen LogP contribution in [0.4, 0.5) is 11.6 Å². The Kier molecular flexibility index (Phi) is 5.29. The van der Waals surface area contributed by atoms with E-state index in [1.54, 1.807) is 25.7 Å². The number of methoxy groups -OCH3 is 1. The molecule has 1 aliphatic heterocycles. The number of H-pyrrole nitrogens is 1. The van der Waals surface area contributed by atoms with Crippen LogP contribution in [0.5, 0.6) is 5.75 Å². The predicted octanol–water partition coefficient (Wildman–Crippen LogP) is 3.16. The lowest BCUT2D eigenvalue weighted by Gasteiger charge is -2.22. The number of hydrogen-bond acceptors (Lipinski definition) is 6. The summed E-state index contributed by atoms with van der Waals surface area (Å²) in [7, 11) is 1.71. The number of ether oxygens (including phenoxy) is 1. The first-order valence-electron chi connectivity index (χ1n) is 9.28. The fourth-order valence-electron chi connectivity index (χ4n) is 3.52. The Bertz CT molecular complexity index is 873. The van der Waals surface area contributed by atoms with Gasteiger partial charge in [0.2, 0.25) is 0 Å². The van der Waals surface area contributed by atoms with E-state index in [-0.39, 0.29) is 0 Å². The van der Waals surface area contributed by atoms with Gasteiger partial charge in [-0.25, -0.2) is 4.98 Å². The van der Waals surface area contributed by atoms with Crippen molar-refractivity contribution in [1.29, 1.82) is 0 Å². The van der Waals surface area contributed by atoms with Gasteiger partial charge in [-0.1, -0.05) is 6.07 Å². The van der Waals surface area contributed by atoms with Gasteiger partial charge in [0.1, 0.15) is 11.6 Å². The normalized spacial score (nSPS) is 14.9. The first-order valence-corrected chi connectivity index (χ1v) is 9.28. The number of rotatable bonds is 6. The van der Waals surface area contributed by atoms with E-state index in [2.05, 4.69) is 49.0 Å². The first-order chi connectivity index (χ1) is 13.3. The molecule has 3 heterocycles. The highest BCUT2D eigenvalue weighted by atomic mass is 16.5. The number of aromatic nitrogens is 4. The summed E-state index contributed by atoms with van der Waals surface area (Å²) in [6, 6.07) is 8.39. The van der Waals surface area contributed by atoms with Crippen molar-refractivity contribution in [3.05, 3.63) is 48.4 Å². The lowest BCUT2D eigenvalue weighted by Crippen LogP contribution is -2.28. The van der Waals surface area contributed by atoms with E-state index in [0.29, 0.717) is 11.6 Å². The maximum atomic E-state index is 5.65. The summed E-state index contributed by atoms with van der Waals surface area (Å²) in [5, 5.41) is 13.9. The summed E-state index contributed by atoms with van der Waals surface area (Å²) >= 11 is 0. The third-order valence-electron chi connectivity index (χ3n) is 4.94. The van der Waals surface area contributed by atoms with Gasteiger partial charge in [0, 0.05) is 24.0 Å². The molecule has 7 nitrogen and oxygen atoms in total. The van der Waals surface area contributed by atoms with Crippen molar-refractivity contribution in [3.8, 4) is 17.0 Å². The molecule has 0 bridgehead atoms. The molecule has 1 saturated heterocycles. The Labute approximate surface area is 158 Å². The quantitative estimate of drug-likeness (QED) is 0.623. The molecule has 0 unspecified atom stereocenters. The number of hydrogen-bond donors (Lipinski definition) is 3. The SMILES string of the molecule is COc1cc(CC2CCNCC2)ccc1-c1cc(Nc2cnccn2)n[nH]1. The van der Waals surface area contributed by atoms with Gasteiger partial charge in [-0.2, -0.15) is 5.10 Å². The second kappa shape index (κ2) is 8.18. The molecule has 0 aliphatic carbocycles. The molecule has 1 aromatic carbocycles. The van der Waals surface area contributed by atoms with Crippen LogP contribution in [0.15, 0.2) is 42.9 Å². The van der Waals surface area contributed by atoms with E-state index in [1.807, 2.05) is 6.07 Å². The van der Waals surface area contributed by atoms with Crippen molar-refractivity contribution in [2.45, 2.75) is 19.3 Å². The number of nitrogens with one attached hydrogen (secondary N) is 3. The highest BCUT2D eigenvalue weighted by Crippen LogP contribution is 2.32. The van der Waals surface area contributed by atoms with E-state index >= 15 is 0 Å². The summed E-state index contributed by atoms with van der Waals surface area (Å²) < 4.78 is 5.65. The highest BCUT2D eigenvalue weighted by Gasteiger charge is 2.16. The minimum absolute atomic E-state index is 0.653. The Balaban J connectivity index is 1.51. The largest absolute Gasteiger partial charge is 0.496 e. The molecule has 0 radical (unpaired) electrons. The van der Waals surface area contributed by atoms with Crippen molar-refractivity contribution in [3.63, 3.8) is 0 Å². The number of aromatic amines is 1. The van der Waals surface area contributed by atoms with Gasteiger partial charge >= 0.3 is 0 Å². The average molecular weight is 364 g/mol. The molecule has 3 aromatic rings. The lowest BCUT2D eigenvalue weighted by molar-refractivity contribution is 0.371. The van der Waals surface area contributed by atoms with Gasteiger partial charge in [0.05, 0.1) is 19.0 Å². The summed E-state index contributed by atoms with van der Waals surface area (Å²) in [5.41, 5.74) is 3.21. The number of anilines is 2. The maximum Gasteiger partial charge on any atom is 0.153 e. The molecular weight excluding hydrogens is 340 g/mol. The van der Waals surface area contributed by atoms with E-state index in [0.717, 1.165) is 42.4 Å². The fourth-order valence-corrected chi connectivity index (χ4v) is 3.52. The third-order valence-corrected chi connectivity index (χ3v) is 4.94. The molecule has 0 atom stereocenters. The summed E-state index contributed by atoms with van der Waals surface area (Å²) in [5.74, 6) is 2.94. The van der Waals surface area contributed by atoms with Crippen molar-refractivity contribution < 1.29 is 4.74 Å². The monoisotopic (exact) mass is 364 g/mol. The lowest BCUT2D eigenvalue weighted by atomic mass is 9.90. The van der Waals surface area contributed by atoms with Crippen LogP contribution in [0.25, 0.3) is 11.3 Å². The van der Waals surface area contributed by atoms with Crippen molar-refractivity contribution >= 4 is 11.6 Å². The number of piperidine rings is 1. The summed E-state index contributed by atoms with van der Waals surface area (Å²) in [4.78, 5) is 8.24. The molecule has 4 rings (SSSR count). The smallest absolute Gasteiger partial charge is 0.153 e. The predicted molar refractivity (Wildman–Crippen MR) is 105 cm³/mol. The zero-order valence-corrected chi connectivity index (χ0v) is 15.4. The van der Waals surface area contributed by atoms with Crippen molar-refractivity contribution in [2.75, 3.05) is 25.5 Å². The maximum absolute atomic E-state index is 5.65. The number of nitrogens with zero attached hydrogens (tertiary/aromatic N) is 3. The van der Waals surface area contributed by atoms with Crippen LogP contribution in [0, 0.1) is 5.92 Å². The second-order valence-corrected chi connectivity index (χ2v) is 6.81. The van der Waals surface area contributed by atoms with Gasteiger partial charge in [0.15, 0.2) is 5.82 Å². The zero-order chi connectivity index (χ0) is 18.5. The van der Waals surface area contributed by atoms with Crippen LogP contribution in [0.1, 0.15) is 18.4 Å². The van der Waals surface area contributed by atoms with E-state index < -0.39 is 0 Å². The minimum Gasteiger partial charge on any atom is -0.496 e. The second-order valence-electron chi connectivity index (χ2n) is 6.81. The fraction of sp³-hybridized carbons (Fsp3) is 0.350. The van der Waals surface area contributed by atoms with Crippen LogP contribution < -0.4 is 15.4 Å². The van der Waals surface area contributed by atoms with Crippen LogP contribution in [-0.2, 0) is 6.42 Å². The van der Waals surface area contributed by atoms with E-state index in [9.17, 15) is 0 Å². The van der Waals surface area contributed by atoms with Gasteiger partial charge in [-0.15, -0.1) is 0 Å². The Hall–Kier alpha value is -2.93. The van der Waals surface area contributed by atoms with Crippen LogP contribution in [0.3, 0.4) is 0 Å². The van der Waals surface area contributed by atoms with Crippen LogP contribution in [0.2, 0.25) is 0 Å². The van der Waals surface area contributed by atoms with Crippen molar-refractivity contribution in [1.82, 2.24) is 25.5 Å². The standard InChI is InChI=1S/C20H24N6O/c1-27-18-11-15(10-14-4-6-21-7-5-14)2-3-16(18)17-12-19(26-25-17)24-20-13-22-8-9-23-20/h2-3,8-9,11-14,21H,4-7,10H2,1H3,(H2,23,24,25,26). The van der Waals surface area contributed by atoms with Gasteiger partial charge in [0.25, 0.3) is 0 Å². The van der Waals surface area contributed by atoms with E-state index in [1.165, 1.54) is 18.4 Å². The zero-order valence-electron chi connectivity index (χ0n) is 15.4. The van der Waals surface area contributed by atoms with Gasteiger partial charge in [-0.3, -0.25) is 10.1 Å². The molecule has 0 saturated carbocycles. The van der Waals surface area contributed by atoms with Crippen LogP contribution >= 0.6 is 0 Å². The van der Waals surface area contributed by atoms with Crippen molar-refractivity contribution in [2.24, 2.45) is 5.92 Å². The molecule has 0 amide bonds. The molecule has 140 valence electrons. The Morgan fingerprint density at radius 2 is 2.04 bits per heavy atom. The molecule has 1 aliphatic rings. The molecule has 27 heavy (non-hydrogen) atoms. The summed E-state index contributed by atoms with van der Waals surface area (Å²) in [6.45, 7) is 2.24.